The number of nitrogens with two attached hydrogens (primary N) is 1. The first kappa shape index (κ1) is 12.5. The number of pyridine rings is 1. The molecule has 2 aromatic heterocycles. The summed E-state index contributed by atoms with van der Waals surface area (Å²) in [5.74, 6) is 0. The second-order valence-corrected chi connectivity index (χ2v) is 6.10. The smallest absolute Gasteiger partial charge is 0.0714 e. The van der Waals surface area contributed by atoms with E-state index in [4.69, 9.17) is 5.73 Å². The summed E-state index contributed by atoms with van der Waals surface area (Å²) in [7, 11) is 1.93. The summed E-state index contributed by atoms with van der Waals surface area (Å²) >= 11 is 0. The predicted molar refractivity (Wildman–Crippen MR) is 83.8 cm³/mol. The van der Waals surface area contributed by atoms with Crippen LogP contribution in [0.4, 0.5) is 0 Å². The van der Waals surface area contributed by atoms with Crippen molar-refractivity contribution in [2.24, 2.45) is 12.8 Å². The second-order valence-electron chi connectivity index (χ2n) is 6.10. The second kappa shape index (κ2) is 4.15. The molecule has 1 aliphatic rings. The number of hydrogen-bond acceptors (Lipinski definition) is 3. The highest BCUT2D eigenvalue weighted by molar-refractivity contribution is 5.89. The van der Waals surface area contributed by atoms with Gasteiger partial charge in [0.2, 0.25) is 0 Å². The highest BCUT2D eigenvalue weighted by Gasteiger charge is 2.41. The van der Waals surface area contributed by atoms with Crippen LogP contribution in [0, 0.1) is 6.92 Å². The zero-order chi connectivity index (χ0) is 14.6. The highest BCUT2D eigenvalue weighted by atomic mass is 15.2. The molecule has 3 aromatic rings. The fourth-order valence-corrected chi connectivity index (χ4v) is 2.89. The third kappa shape index (κ3) is 2.03. The van der Waals surface area contributed by atoms with Crippen LogP contribution in [-0.4, -0.2) is 14.8 Å². The van der Waals surface area contributed by atoms with Gasteiger partial charge in [0, 0.05) is 35.4 Å². The molecule has 2 N–H and O–H groups in total. The molecule has 2 heterocycles. The predicted octanol–water partition coefficient (Wildman–Crippen LogP) is 2.89. The van der Waals surface area contributed by atoms with E-state index in [-0.39, 0.29) is 5.54 Å². The van der Waals surface area contributed by atoms with Gasteiger partial charge in [0.15, 0.2) is 0 Å². The topological polar surface area (TPSA) is 56.7 Å². The quantitative estimate of drug-likeness (QED) is 0.784. The minimum absolute atomic E-state index is 0.173. The zero-order valence-electron chi connectivity index (χ0n) is 12.3. The molecule has 21 heavy (non-hydrogen) atoms. The standard InChI is InChI=1S/C17H18N4/c1-11-3-4-14-15(17(18)5-6-17)7-12(8-16(14)20-11)13-9-19-21(2)10-13/h3-4,7-10H,5-6,18H2,1-2H3. The lowest BCUT2D eigenvalue weighted by Gasteiger charge is -2.15. The molecule has 4 heteroatoms. The van der Waals surface area contributed by atoms with Crippen molar-refractivity contribution in [1.29, 1.82) is 0 Å². The molecular weight excluding hydrogens is 260 g/mol. The number of aromatic nitrogens is 3. The van der Waals surface area contributed by atoms with Crippen LogP contribution in [0.1, 0.15) is 24.1 Å². The van der Waals surface area contributed by atoms with E-state index < -0.39 is 0 Å². The zero-order valence-corrected chi connectivity index (χ0v) is 12.3. The van der Waals surface area contributed by atoms with E-state index in [0.29, 0.717) is 0 Å². The number of aryl methyl sites for hydroxylation is 2. The average Bonchev–Trinajstić information content (AvgIpc) is 3.05. The maximum Gasteiger partial charge on any atom is 0.0714 e. The van der Waals surface area contributed by atoms with Crippen LogP contribution in [0.25, 0.3) is 22.0 Å². The number of fused-ring (bicyclic) bond motifs is 1. The highest BCUT2D eigenvalue weighted by Crippen LogP contribution is 2.46. The van der Waals surface area contributed by atoms with Gasteiger partial charge in [0.25, 0.3) is 0 Å². The fraction of sp³-hybridized carbons (Fsp3) is 0.294. The Morgan fingerprint density at radius 1 is 1.19 bits per heavy atom. The molecule has 0 amide bonds. The van der Waals surface area contributed by atoms with E-state index in [1.54, 1.807) is 0 Å². The van der Waals surface area contributed by atoms with Gasteiger partial charge in [-0.2, -0.15) is 5.10 Å². The largest absolute Gasteiger partial charge is 0.321 e. The van der Waals surface area contributed by atoms with Crippen LogP contribution < -0.4 is 5.73 Å². The minimum atomic E-state index is -0.173. The third-order valence-corrected chi connectivity index (χ3v) is 4.31. The fourth-order valence-electron chi connectivity index (χ4n) is 2.89. The van der Waals surface area contributed by atoms with Crippen molar-refractivity contribution in [3.8, 4) is 11.1 Å². The molecule has 1 aromatic carbocycles. The molecule has 1 saturated carbocycles. The molecular formula is C17H18N4. The van der Waals surface area contributed by atoms with Crippen molar-refractivity contribution in [3.05, 3.63) is 47.9 Å². The summed E-state index contributed by atoms with van der Waals surface area (Å²) in [6, 6.07) is 8.55. The number of rotatable bonds is 2. The maximum atomic E-state index is 6.48. The van der Waals surface area contributed by atoms with Crippen LogP contribution in [-0.2, 0) is 12.6 Å². The van der Waals surface area contributed by atoms with Crippen molar-refractivity contribution >= 4 is 10.9 Å². The van der Waals surface area contributed by atoms with E-state index >= 15 is 0 Å². The molecule has 0 saturated heterocycles. The van der Waals surface area contributed by atoms with Crippen molar-refractivity contribution < 1.29 is 0 Å². The molecule has 0 spiro atoms. The van der Waals surface area contributed by atoms with Crippen LogP contribution >= 0.6 is 0 Å². The van der Waals surface area contributed by atoms with Crippen LogP contribution in [0.3, 0.4) is 0 Å². The van der Waals surface area contributed by atoms with E-state index in [9.17, 15) is 0 Å². The first-order valence-corrected chi connectivity index (χ1v) is 7.25. The molecule has 0 bridgehead atoms. The normalized spacial score (nSPS) is 16.3. The molecule has 0 atom stereocenters. The van der Waals surface area contributed by atoms with Gasteiger partial charge in [-0.25, -0.2) is 0 Å². The van der Waals surface area contributed by atoms with E-state index in [0.717, 1.165) is 35.2 Å². The van der Waals surface area contributed by atoms with Gasteiger partial charge in [-0.3, -0.25) is 9.67 Å². The van der Waals surface area contributed by atoms with Crippen molar-refractivity contribution in [2.45, 2.75) is 25.3 Å². The summed E-state index contributed by atoms with van der Waals surface area (Å²) in [5.41, 5.74) is 11.8. The van der Waals surface area contributed by atoms with Crippen molar-refractivity contribution in [1.82, 2.24) is 14.8 Å². The summed E-state index contributed by atoms with van der Waals surface area (Å²) in [5, 5.41) is 5.44. The Kier molecular flexibility index (Phi) is 2.48. The molecule has 106 valence electrons. The lowest BCUT2D eigenvalue weighted by molar-refractivity contribution is 0.748. The van der Waals surface area contributed by atoms with Crippen molar-refractivity contribution in [3.63, 3.8) is 0 Å². The van der Waals surface area contributed by atoms with Gasteiger partial charge in [-0.15, -0.1) is 0 Å². The van der Waals surface area contributed by atoms with Crippen LogP contribution in [0.2, 0.25) is 0 Å². The Bertz CT molecular complexity index is 843. The SMILES string of the molecule is Cc1ccc2c(C3(N)CC3)cc(-c3cnn(C)c3)cc2n1. The first-order chi connectivity index (χ1) is 10.0. The van der Waals surface area contributed by atoms with E-state index in [1.807, 2.05) is 31.0 Å². The lowest BCUT2D eigenvalue weighted by atomic mass is 9.95. The Labute approximate surface area is 123 Å². The molecule has 4 rings (SSSR count). The monoisotopic (exact) mass is 278 g/mol. The minimum Gasteiger partial charge on any atom is -0.321 e. The van der Waals surface area contributed by atoms with E-state index in [2.05, 4.69) is 34.3 Å². The molecule has 1 fully saturated rings. The van der Waals surface area contributed by atoms with Crippen LogP contribution in [0.5, 0.6) is 0 Å². The molecule has 1 aliphatic carbocycles. The van der Waals surface area contributed by atoms with Gasteiger partial charge in [-0.1, -0.05) is 6.07 Å². The number of benzene rings is 1. The molecule has 0 unspecified atom stereocenters. The summed E-state index contributed by atoms with van der Waals surface area (Å²) in [6.07, 6.45) is 6.01. The van der Waals surface area contributed by atoms with Gasteiger partial charge in [0.05, 0.1) is 11.7 Å². The lowest BCUT2D eigenvalue weighted by Crippen LogP contribution is -2.19. The molecule has 0 radical (unpaired) electrons. The van der Waals surface area contributed by atoms with E-state index in [1.165, 1.54) is 10.9 Å². The number of nitrogens with zero attached hydrogens (tertiary/aromatic N) is 3. The Morgan fingerprint density at radius 3 is 2.67 bits per heavy atom. The molecule has 4 nitrogen and oxygen atoms in total. The van der Waals surface area contributed by atoms with Crippen molar-refractivity contribution in [2.75, 3.05) is 0 Å². The average molecular weight is 278 g/mol. The Morgan fingerprint density at radius 2 is 2.00 bits per heavy atom. The first-order valence-electron chi connectivity index (χ1n) is 7.25. The van der Waals surface area contributed by atoms with Crippen LogP contribution in [0.15, 0.2) is 36.7 Å². The summed E-state index contributed by atoms with van der Waals surface area (Å²) < 4.78 is 1.82. The third-order valence-electron chi connectivity index (χ3n) is 4.31. The summed E-state index contributed by atoms with van der Waals surface area (Å²) in [6.45, 7) is 2.02. The number of hydrogen-bond donors (Lipinski definition) is 1. The van der Waals surface area contributed by atoms with Gasteiger partial charge < -0.3 is 5.73 Å². The van der Waals surface area contributed by atoms with Gasteiger partial charge in [0.1, 0.15) is 0 Å². The Hall–Kier alpha value is -2.20. The molecule has 0 aliphatic heterocycles. The maximum absolute atomic E-state index is 6.48. The summed E-state index contributed by atoms with van der Waals surface area (Å²) in [4.78, 5) is 4.69. The Balaban J connectivity index is 2.00. The van der Waals surface area contributed by atoms with Gasteiger partial charge >= 0.3 is 0 Å². The van der Waals surface area contributed by atoms with Gasteiger partial charge in [-0.05, 0) is 49.1 Å².